The van der Waals surface area contributed by atoms with Crippen molar-refractivity contribution >= 4 is 5.91 Å². The number of benzene rings is 1. The summed E-state index contributed by atoms with van der Waals surface area (Å²) in [5, 5.41) is 3.44. The fourth-order valence-electron chi connectivity index (χ4n) is 5.05. The van der Waals surface area contributed by atoms with Crippen LogP contribution < -0.4 is 5.32 Å². The molecular formula is C23H29N5O. The molecule has 5 rings (SSSR count). The summed E-state index contributed by atoms with van der Waals surface area (Å²) in [5.41, 5.74) is 3.53. The smallest absolute Gasteiger partial charge is 0.254 e. The Morgan fingerprint density at radius 3 is 2.69 bits per heavy atom. The standard InChI is InChI=1S/C23H29N5O/c29-23-21-5-4-18(13-19(21)15-28(23)20-3-1-8-24-14-20)17-6-11-27(12-7-17)16-22-25-9-2-10-26-22/h2,4-5,9-10,13,17,20,24H,1,3,6-8,11-12,14-16H2. The molecule has 1 unspecified atom stereocenters. The van der Waals surface area contributed by atoms with E-state index >= 15 is 0 Å². The Hall–Kier alpha value is -2.31. The van der Waals surface area contributed by atoms with E-state index in [4.69, 9.17) is 0 Å². The zero-order chi connectivity index (χ0) is 19.6. The molecule has 1 atom stereocenters. The van der Waals surface area contributed by atoms with E-state index in [1.54, 1.807) is 0 Å². The van der Waals surface area contributed by atoms with Gasteiger partial charge >= 0.3 is 0 Å². The highest BCUT2D eigenvalue weighted by molar-refractivity contribution is 5.98. The van der Waals surface area contributed by atoms with Crippen molar-refractivity contribution in [2.45, 2.75) is 50.7 Å². The molecule has 6 heteroatoms. The van der Waals surface area contributed by atoms with Gasteiger partial charge in [-0.15, -0.1) is 0 Å². The lowest BCUT2D eigenvalue weighted by Gasteiger charge is -2.32. The van der Waals surface area contributed by atoms with Crippen molar-refractivity contribution in [2.75, 3.05) is 26.2 Å². The Morgan fingerprint density at radius 2 is 1.93 bits per heavy atom. The topological polar surface area (TPSA) is 61.4 Å². The van der Waals surface area contributed by atoms with E-state index in [-0.39, 0.29) is 5.91 Å². The number of rotatable bonds is 4. The van der Waals surface area contributed by atoms with Gasteiger partial charge in [-0.3, -0.25) is 9.69 Å². The molecule has 4 heterocycles. The third-order valence-electron chi connectivity index (χ3n) is 6.72. The average Bonchev–Trinajstić information content (AvgIpc) is 3.11. The maximum absolute atomic E-state index is 12.9. The molecule has 3 aliphatic heterocycles. The Morgan fingerprint density at radius 1 is 1.10 bits per heavy atom. The summed E-state index contributed by atoms with van der Waals surface area (Å²) in [6.07, 6.45) is 8.19. The minimum atomic E-state index is 0.220. The van der Waals surface area contributed by atoms with Crippen LogP contribution in [0.25, 0.3) is 0 Å². The highest BCUT2D eigenvalue weighted by atomic mass is 16.2. The molecule has 2 aromatic rings. The Balaban J connectivity index is 1.22. The van der Waals surface area contributed by atoms with Gasteiger partial charge in [-0.05, 0) is 74.5 Å². The first-order valence-corrected chi connectivity index (χ1v) is 10.9. The number of piperidine rings is 2. The van der Waals surface area contributed by atoms with Crippen LogP contribution in [0.2, 0.25) is 0 Å². The summed E-state index contributed by atoms with van der Waals surface area (Å²) in [5.74, 6) is 1.70. The molecule has 0 spiro atoms. The van der Waals surface area contributed by atoms with Crippen molar-refractivity contribution < 1.29 is 4.79 Å². The fraction of sp³-hybridized carbons (Fsp3) is 0.522. The quantitative estimate of drug-likeness (QED) is 0.868. The molecule has 0 saturated carbocycles. The van der Waals surface area contributed by atoms with E-state index in [2.05, 4.69) is 43.3 Å². The second-order valence-corrected chi connectivity index (χ2v) is 8.57. The van der Waals surface area contributed by atoms with Crippen LogP contribution in [0.4, 0.5) is 0 Å². The molecule has 3 aliphatic rings. The molecule has 152 valence electrons. The first-order valence-electron chi connectivity index (χ1n) is 10.9. The van der Waals surface area contributed by atoms with Gasteiger partial charge in [0, 0.05) is 37.1 Å². The van der Waals surface area contributed by atoms with Crippen LogP contribution in [0.1, 0.15) is 58.9 Å². The van der Waals surface area contributed by atoms with Crippen molar-refractivity contribution in [3.63, 3.8) is 0 Å². The van der Waals surface area contributed by atoms with Crippen LogP contribution in [0, 0.1) is 0 Å². The number of fused-ring (bicyclic) bond motifs is 1. The minimum Gasteiger partial charge on any atom is -0.330 e. The highest BCUT2D eigenvalue weighted by Gasteiger charge is 2.34. The van der Waals surface area contributed by atoms with Gasteiger partial charge in [-0.2, -0.15) is 0 Å². The largest absolute Gasteiger partial charge is 0.330 e. The number of nitrogens with zero attached hydrogens (tertiary/aromatic N) is 4. The SMILES string of the molecule is O=C1c2ccc(C3CCN(Cc4ncccn4)CC3)cc2CN1C1CCCNC1. The number of hydrogen-bond donors (Lipinski definition) is 1. The molecule has 2 fully saturated rings. The van der Waals surface area contributed by atoms with Crippen molar-refractivity contribution in [3.8, 4) is 0 Å². The summed E-state index contributed by atoms with van der Waals surface area (Å²) < 4.78 is 0. The zero-order valence-electron chi connectivity index (χ0n) is 16.9. The number of amides is 1. The monoisotopic (exact) mass is 391 g/mol. The maximum atomic E-state index is 12.9. The van der Waals surface area contributed by atoms with Crippen LogP contribution >= 0.6 is 0 Å². The number of aromatic nitrogens is 2. The molecule has 0 bridgehead atoms. The average molecular weight is 392 g/mol. The van der Waals surface area contributed by atoms with Gasteiger partial charge in [-0.1, -0.05) is 12.1 Å². The normalized spacial score (nSPS) is 23.4. The summed E-state index contributed by atoms with van der Waals surface area (Å²) in [4.78, 5) is 26.1. The molecule has 0 aliphatic carbocycles. The van der Waals surface area contributed by atoms with Crippen molar-refractivity contribution in [3.05, 3.63) is 59.2 Å². The minimum absolute atomic E-state index is 0.220. The van der Waals surface area contributed by atoms with Gasteiger partial charge in [0.25, 0.3) is 5.91 Å². The van der Waals surface area contributed by atoms with E-state index in [1.807, 2.05) is 18.5 Å². The summed E-state index contributed by atoms with van der Waals surface area (Å²) in [7, 11) is 0. The van der Waals surface area contributed by atoms with Crippen LogP contribution in [-0.4, -0.2) is 57.9 Å². The molecule has 29 heavy (non-hydrogen) atoms. The summed E-state index contributed by atoms with van der Waals surface area (Å²) >= 11 is 0. The summed E-state index contributed by atoms with van der Waals surface area (Å²) in [6.45, 7) is 5.74. The van der Waals surface area contributed by atoms with E-state index < -0.39 is 0 Å². The Kier molecular flexibility index (Phi) is 5.29. The lowest BCUT2D eigenvalue weighted by atomic mass is 9.88. The molecule has 2 saturated heterocycles. The number of hydrogen-bond acceptors (Lipinski definition) is 5. The van der Waals surface area contributed by atoms with E-state index in [0.717, 1.165) is 76.3 Å². The van der Waals surface area contributed by atoms with Crippen molar-refractivity contribution in [1.82, 2.24) is 25.1 Å². The van der Waals surface area contributed by atoms with E-state index in [0.29, 0.717) is 12.0 Å². The first kappa shape index (κ1) is 18.7. The van der Waals surface area contributed by atoms with Crippen LogP contribution in [0.5, 0.6) is 0 Å². The van der Waals surface area contributed by atoms with E-state index in [1.165, 1.54) is 11.1 Å². The highest BCUT2D eigenvalue weighted by Crippen LogP contribution is 2.33. The van der Waals surface area contributed by atoms with Crippen LogP contribution in [-0.2, 0) is 13.1 Å². The second-order valence-electron chi connectivity index (χ2n) is 8.57. The fourth-order valence-corrected chi connectivity index (χ4v) is 5.05. The first-order chi connectivity index (χ1) is 14.3. The molecule has 1 aromatic carbocycles. The van der Waals surface area contributed by atoms with Gasteiger partial charge in [0.2, 0.25) is 0 Å². The van der Waals surface area contributed by atoms with Crippen molar-refractivity contribution in [1.29, 1.82) is 0 Å². The zero-order valence-corrected chi connectivity index (χ0v) is 16.9. The molecule has 6 nitrogen and oxygen atoms in total. The predicted octanol–water partition coefficient (Wildman–Crippen LogP) is 2.56. The Labute approximate surface area is 172 Å². The number of carbonyl (C=O) groups excluding carboxylic acids is 1. The van der Waals surface area contributed by atoms with Crippen LogP contribution in [0.3, 0.4) is 0 Å². The predicted molar refractivity (Wildman–Crippen MR) is 111 cm³/mol. The van der Waals surface area contributed by atoms with E-state index in [9.17, 15) is 4.79 Å². The molecule has 1 N–H and O–H groups in total. The third-order valence-corrected chi connectivity index (χ3v) is 6.72. The summed E-state index contributed by atoms with van der Waals surface area (Å²) in [6, 6.07) is 8.79. The van der Waals surface area contributed by atoms with Crippen LogP contribution in [0.15, 0.2) is 36.7 Å². The van der Waals surface area contributed by atoms with Crippen molar-refractivity contribution in [2.24, 2.45) is 0 Å². The molecular weight excluding hydrogens is 362 g/mol. The number of nitrogens with one attached hydrogen (secondary N) is 1. The van der Waals surface area contributed by atoms with Gasteiger partial charge < -0.3 is 10.2 Å². The van der Waals surface area contributed by atoms with Gasteiger partial charge in [0.15, 0.2) is 0 Å². The molecule has 0 radical (unpaired) electrons. The Bertz CT molecular complexity index is 857. The number of likely N-dealkylation sites (tertiary alicyclic amines) is 1. The lowest BCUT2D eigenvalue weighted by molar-refractivity contribution is 0.0674. The van der Waals surface area contributed by atoms with Gasteiger partial charge in [0.1, 0.15) is 5.82 Å². The molecule has 1 amide bonds. The van der Waals surface area contributed by atoms with Gasteiger partial charge in [0.05, 0.1) is 6.54 Å². The molecule has 1 aromatic heterocycles. The lowest BCUT2D eigenvalue weighted by Crippen LogP contribution is -2.46. The third kappa shape index (κ3) is 3.91. The van der Waals surface area contributed by atoms with Gasteiger partial charge in [-0.25, -0.2) is 9.97 Å². The second kappa shape index (κ2) is 8.20. The number of carbonyl (C=O) groups is 1. The maximum Gasteiger partial charge on any atom is 0.254 e.